The number of hydrogen-bond acceptors (Lipinski definition) is 5. The molecule has 190 valence electrons. The molecule has 4 fully saturated rings. The van der Waals surface area contributed by atoms with E-state index in [1.54, 1.807) is 0 Å². The van der Waals surface area contributed by atoms with Gasteiger partial charge in [0.05, 0.1) is 21.7 Å². The summed E-state index contributed by atoms with van der Waals surface area (Å²) in [6, 6.07) is 15.8. The third kappa shape index (κ3) is 2.19. The van der Waals surface area contributed by atoms with E-state index < -0.39 is 27.8 Å². The van der Waals surface area contributed by atoms with E-state index >= 15 is 0 Å². The fraction of sp³-hybridized carbons (Fsp3) is 0.467. The van der Waals surface area contributed by atoms with Crippen molar-refractivity contribution in [2.75, 3.05) is 0 Å². The summed E-state index contributed by atoms with van der Waals surface area (Å²) in [4.78, 5) is 52.8. The first kappa shape index (κ1) is 22.7. The van der Waals surface area contributed by atoms with Gasteiger partial charge in [0.25, 0.3) is 0 Å². The Balaban J connectivity index is 1.46. The first-order chi connectivity index (χ1) is 17.5. The number of benzene rings is 2. The fourth-order valence-electron chi connectivity index (χ4n) is 8.84. The summed E-state index contributed by atoms with van der Waals surface area (Å²) in [6.45, 7) is 7.53. The normalized spacial score (nSPS) is 43.1. The molecule has 2 aromatic rings. The second kappa shape index (κ2) is 6.69. The van der Waals surface area contributed by atoms with Gasteiger partial charge in [0.15, 0.2) is 0 Å². The van der Waals surface area contributed by atoms with Gasteiger partial charge in [-0.15, -0.1) is 0 Å². The largest absolute Gasteiger partial charge is 0.488 e. The SMILES string of the molecule is CC12C(=O)NC(=O)C1(C)C1Oc3ccccc3-c3ccccc3C3C(CCC12)C1(C)C(=O)NC(=O)C31C. The maximum Gasteiger partial charge on any atom is 0.237 e. The highest BCUT2D eigenvalue weighted by Gasteiger charge is 2.81. The van der Waals surface area contributed by atoms with Crippen molar-refractivity contribution in [3.05, 3.63) is 54.1 Å². The molecule has 8 atom stereocenters. The zero-order chi connectivity index (χ0) is 26.1. The fourth-order valence-corrected chi connectivity index (χ4v) is 8.84. The van der Waals surface area contributed by atoms with Crippen LogP contribution in [0.1, 0.15) is 52.0 Å². The Morgan fingerprint density at radius 2 is 1.16 bits per heavy atom. The maximum absolute atomic E-state index is 13.3. The van der Waals surface area contributed by atoms with E-state index in [2.05, 4.69) is 16.7 Å². The summed E-state index contributed by atoms with van der Waals surface area (Å²) in [5.74, 6) is -0.846. The molecule has 5 aliphatic rings. The smallest absolute Gasteiger partial charge is 0.237 e. The number of imide groups is 2. The van der Waals surface area contributed by atoms with Crippen molar-refractivity contribution < 1.29 is 23.9 Å². The molecular weight excluding hydrogens is 468 g/mol. The highest BCUT2D eigenvalue weighted by molar-refractivity contribution is 6.13. The van der Waals surface area contributed by atoms with Gasteiger partial charge in [0.1, 0.15) is 11.9 Å². The van der Waals surface area contributed by atoms with Crippen LogP contribution in [-0.4, -0.2) is 29.7 Å². The molecule has 2 aromatic carbocycles. The predicted molar refractivity (Wildman–Crippen MR) is 134 cm³/mol. The summed E-state index contributed by atoms with van der Waals surface area (Å²) in [5, 5.41) is 5.21. The summed E-state index contributed by atoms with van der Waals surface area (Å²) in [5.41, 5.74) is -0.771. The van der Waals surface area contributed by atoms with E-state index in [-0.39, 0.29) is 41.4 Å². The van der Waals surface area contributed by atoms with Gasteiger partial charge in [-0.25, -0.2) is 0 Å². The van der Waals surface area contributed by atoms with Gasteiger partial charge >= 0.3 is 0 Å². The van der Waals surface area contributed by atoms with Crippen LogP contribution in [0.15, 0.2) is 48.5 Å². The van der Waals surface area contributed by atoms with Crippen molar-refractivity contribution in [3.8, 4) is 16.9 Å². The Hall–Kier alpha value is -3.48. The lowest BCUT2D eigenvalue weighted by Crippen LogP contribution is -2.70. The van der Waals surface area contributed by atoms with Crippen molar-refractivity contribution >= 4 is 23.6 Å². The lowest BCUT2D eigenvalue weighted by atomic mass is 9.37. The third-order valence-corrected chi connectivity index (χ3v) is 11.5. The predicted octanol–water partition coefficient (Wildman–Crippen LogP) is 3.58. The van der Waals surface area contributed by atoms with Crippen molar-refractivity contribution in [1.29, 1.82) is 0 Å². The monoisotopic (exact) mass is 498 g/mol. The molecule has 3 heterocycles. The van der Waals surface area contributed by atoms with Crippen LogP contribution in [0, 0.1) is 33.5 Å². The van der Waals surface area contributed by atoms with Crippen molar-refractivity contribution in [1.82, 2.24) is 10.6 Å². The van der Waals surface area contributed by atoms with Crippen LogP contribution in [0.4, 0.5) is 0 Å². The first-order valence-corrected chi connectivity index (χ1v) is 13.1. The number of para-hydroxylation sites is 1. The highest BCUT2D eigenvalue weighted by atomic mass is 16.5. The van der Waals surface area contributed by atoms with Crippen LogP contribution < -0.4 is 15.4 Å². The molecule has 3 aliphatic heterocycles. The molecule has 37 heavy (non-hydrogen) atoms. The van der Waals surface area contributed by atoms with Crippen LogP contribution in [0.2, 0.25) is 0 Å². The summed E-state index contributed by atoms with van der Waals surface area (Å²) in [6.07, 6.45) is 0.753. The zero-order valence-electron chi connectivity index (χ0n) is 21.4. The lowest BCUT2D eigenvalue weighted by Gasteiger charge is -2.63. The topological polar surface area (TPSA) is 102 Å². The molecule has 8 unspecified atom stereocenters. The minimum Gasteiger partial charge on any atom is -0.488 e. The first-order valence-electron chi connectivity index (χ1n) is 13.1. The van der Waals surface area contributed by atoms with Crippen molar-refractivity contribution in [2.24, 2.45) is 33.5 Å². The molecule has 0 aromatic heterocycles. The van der Waals surface area contributed by atoms with Crippen LogP contribution in [-0.2, 0) is 19.2 Å². The average Bonchev–Trinajstić information content (AvgIpc) is 3.11. The van der Waals surface area contributed by atoms with E-state index in [0.29, 0.717) is 18.6 Å². The second-order valence-corrected chi connectivity index (χ2v) is 12.3. The molecule has 2 saturated carbocycles. The molecule has 0 bridgehead atoms. The van der Waals surface area contributed by atoms with Gasteiger partial charge in [-0.1, -0.05) is 42.5 Å². The molecular formula is C30H30N2O5. The maximum atomic E-state index is 13.3. The molecule has 4 amide bonds. The van der Waals surface area contributed by atoms with Gasteiger partial charge in [0.2, 0.25) is 23.6 Å². The van der Waals surface area contributed by atoms with E-state index in [0.717, 1.165) is 16.7 Å². The molecule has 2 aliphatic carbocycles. The van der Waals surface area contributed by atoms with Crippen molar-refractivity contribution in [3.63, 3.8) is 0 Å². The summed E-state index contributed by atoms with van der Waals surface area (Å²) in [7, 11) is 0. The van der Waals surface area contributed by atoms with Gasteiger partial charge in [-0.2, -0.15) is 0 Å². The Bertz CT molecular complexity index is 1450. The number of nitrogens with one attached hydrogen (secondary N) is 2. The van der Waals surface area contributed by atoms with Gasteiger partial charge in [-0.05, 0) is 63.6 Å². The molecule has 2 N–H and O–H groups in total. The average molecular weight is 499 g/mol. The zero-order valence-corrected chi connectivity index (χ0v) is 21.4. The number of hydrogen-bond donors (Lipinski definition) is 2. The van der Waals surface area contributed by atoms with Gasteiger partial charge < -0.3 is 4.74 Å². The van der Waals surface area contributed by atoms with Crippen LogP contribution in [0.3, 0.4) is 0 Å². The Morgan fingerprint density at radius 1 is 0.649 bits per heavy atom. The third-order valence-electron chi connectivity index (χ3n) is 11.5. The standard InChI is InChI=1S/C30H30N2O5/c1-27-18-13-14-19-22(30(4)26(36)32-24(34)28(19,30)2)37-20-12-8-7-10-16(20)15-9-5-6-11-17(15)21(18)29(27,3)25(35)31-23(27)33/h5-12,18-19,21-22H,13-14H2,1-4H3,(H,31,33,35)(H,32,34,36). The molecule has 0 spiro atoms. The van der Waals surface area contributed by atoms with E-state index in [4.69, 9.17) is 4.74 Å². The molecule has 7 heteroatoms. The Labute approximate surface area is 215 Å². The van der Waals surface area contributed by atoms with E-state index in [9.17, 15) is 19.2 Å². The minimum absolute atomic E-state index is 0.105. The van der Waals surface area contributed by atoms with Crippen molar-refractivity contribution in [2.45, 2.75) is 52.6 Å². The van der Waals surface area contributed by atoms with E-state index in [1.807, 2.05) is 70.2 Å². The van der Waals surface area contributed by atoms with E-state index in [1.165, 1.54) is 0 Å². The summed E-state index contributed by atoms with van der Waals surface area (Å²) >= 11 is 0. The second-order valence-electron chi connectivity index (χ2n) is 12.3. The Morgan fingerprint density at radius 3 is 1.86 bits per heavy atom. The highest BCUT2D eigenvalue weighted by Crippen LogP contribution is 2.74. The number of carbonyl (C=O) groups is 4. The Kier molecular flexibility index (Phi) is 4.10. The quantitative estimate of drug-likeness (QED) is 0.541. The summed E-state index contributed by atoms with van der Waals surface area (Å²) < 4.78 is 6.70. The number of rotatable bonds is 0. The molecule has 2 saturated heterocycles. The number of carbonyl (C=O) groups excluding carboxylic acids is 4. The molecule has 0 radical (unpaired) electrons. The van der Waals surface area contributed by atoms with Crippen LogP contribution in [0.25, 0.3) is 11.1 Å². The molecule has 7 rings (SSSR count). The van der Waals surface area contributed by atoms with Gasteiger partial charge in [-0.3, -0.25) is 29.8 Å². The van der Waals surface area contributed by atoms with Crippen LogP contribution in [0.5, 0.6) is 5.75 Å². The minimum atomic E-state index is -0.992. The molecule has 7 nitrogen and oxygen atoms in total. The number of ether oxygens (including phenoxy) is 1. The number of fused-ring (bicyclic) bond motifs is 12. The van der Waals surface area contributed by atoms with Crippen LogP contribution >= 0.6 is 0 Å². The van der Waals surface area contributed by atoms with Gasteiger partial charge in [0, 0.05) is 17.4 Å². The lowest BCUT2D eigenvalue weighted by molar-refractivity contribution is -0.205. The number of amides is 4.